The standard InChI is InChI=1S/C12H15BrN4OS/c1-7(12-16-8(2)6-19-12)4-14-11(18)10-9(13)5-15-17(10)3/h5-7H,4H2,1-3H3,(H,14,18). The number of nitrogens with one attached hydrogen (secondary N) is 1. The van der Waals surface area contributed by atoms with Gasteiger partial charge in [0.05, 0.1) is 15.7 Å². The zero-order valence-corrected chi connectivity index (χ0v) is 13.4. The van der Waals surface area contributed by atoms with Crippen LogP contribution >= 0.6 is 27.3 Å². The van der Waals surface area contributed by atoms with Gasteiger partial charge in [0.1, 0.15) is 5.69 Å². The molecule has 1 N–H and O–H groups in total. The molecule has 0 radical (unpaired) electrons. The highest BCUT2D eigenvalue weighted by molar-refractivity contribution is 9.10. The van der Waals surface area contributed by atoms with Gasteiger partial charge >= 0.3 is 0 Å². The first-order valence-electron chi connectivity index (χ1n) is 5.86. The van der Waals surface area contributed by atoms with Crippen LogP contribution < -0.4 is 5.32 Å². The lowest BCUT2D eigenvalue weighted by Crippen LogP contribution is -2.29. The van der Waals surface area contributed by atoms with E-state index in [1.54, 1.807) is 29.3 Å². The summed E-state index contributed by atoms with van der Waals surface area (Å²) in [6.07, 6.45) is 1.61. The first-order valence-corrected chi connectivity index (χ1v) is 7.54. The fourth-order valence-corrected chi connectivity index (χ4v) is 3.07. The maximum absolute atomic E-state index is 12.1. The molecule has 1 unspecified atom stereocenters. The second-order valence-corrected chi connectivity index (χ2v) is 6.15. The number of hydrogen-bond acceptors (Lipinski definition) is 4. The average Bonchev–Trinajstić information content (AvgIpc) is 2.93. The fourth-order valence-electron chi connectivity index (χ4n) is 1.68. The summed E-state index contributed by atoms with van der Waals surface area (Å²) in [5, 5.41) is 10.00. The number of nitrogens with zero attached hydrogens (tertiary/aromatic N) is 3. The van der Waals surface area contributed by atoms with Crippen LogP contribution in [0.15, 0.2) is 16.0 Å². The molecule has 7 heteroatoms. The van der Waals surface area contributed by atoms with E-state index in [2.05, 4.69) is 38.3 Å². The summed E-state index contributed by atoms with van der Waals surface area (Å²) < 4.78 is 2.25. The van der Waals surface area contributed by atoms with Gasteiger partial charge in [0.2, 0.25) is 0 Å². The van der Waals surface area contributed by atoms with Crippen LogP contribution in [0.4, 0.5) is 0 Å². The highest BCUT2D eigenvalue weighted by Gasteiger charge is 2.17. The smallest absolute Gasteiger partial charge is 0.270 e. The monoisotopic (exact) mass is 342 g/mol. The Kier molecular flexibility index (Phi) is 4.36. The van der Waals surface area contributed by atoms with Gasteiger partial charge in [-0.15, -0.1) is 11.3 Å². The molecule has 2 heterocycles. The Morgan fingerprint density at radius 1 is 1.63 bits per heavy atom. The largest absolute Gasteiger partial charge is 0.350 e. The van der Waals surface area contributed by atoms with Crippen molar-refractivity contribution in [3.8, 4) is 0 Å². The molecule has 1 atom stereocenters. The number of rotatable bonds is 4. The molecule has 0 bridgehead atoms. The van der Waals surface area contributed by atoms with Crippen LogP contribution in [0.1, 0.15) is 34.0 Å². The van der Waals surface area contributed by atoms with E-state index in [9.17, 15) is 4.79 Å². The number of hydrogen-bond donors (Lipinski definition) is 1. The third kappa shape index (κ3) is 3.22. The number of aryl methyl sites for hydroxylation is 2. The summed E-state index contributed by atoms with van der Waals surface area (Å²) in [5.74, 6) is 0.0710. The molecule has 0 fully saturated rings. The van der Waals surface area contributed by atoms with Gasteiger partial charge in [0.15, 0.2) is 0 Å². The molecule has 0 aliphatic heterocycles. The van der Waals surface area contributed by atoms with Crippen LogP contribution in [-0.4, -0.2) is 27.2 Å². The van der Waals surface area contributed by atoms with E-state index < -0.39 is 0 Å². The van der Waals surface area contributed by atoms with E-state index in [0.29, 0.717) is 16.7 Å². The second-order valence-electron chi connectivity index (χ2n) is 4.40. The Balaban J connectivity index is 1.97. The molecule has 2 aromatic heterocycles. The highest BCUT2D eigenvalue weighted by Crippen LogP contribution is 2.19. The van der Waals surface area contributed by atoms with Crippen LogP contribution in [-0.2, 0) is 7.05 Å². The Morgan fingerprint density at radius 2 is 2.37 bits per heavy atom. The van der Waals surface area contributed by atoms with Crippen molar-refractivity contribution in [3.63, 3.8) is 0 Å². The zero-order valence-electron chi connectivity index (χ0n) is 11.0. The lowest BCUT2D eigenvalue weighted by Gasteiger charge is -2.10. The van der Waals surface area contributed by atoms with Gasteiger partial charge in [-0.25, -0.2) is 4.98 Å². The average molecular weight is 343 g/mol. The Bertz CT molecular complexity index is 573. The predicted molar refractivity (Wildman–Crippen MR) is 78.5 cm³/mol. The zero-order chi connectivity index (χ0) is 14.0. The number of aromatic nitrogens is 3. The van der Waals surface area contributed by atoms with E-state index in [0.717, 1.165) is 10.7 Å². The molecule has 0 saturated carbocycles. The molecule has 0 spiro atoms. The van der Waals surface area contributed by atoms with Gasteiger partial charge in [-0.05, 0) is 22.9 Å². The normalized spacial score (nSPS) is 12.4. The van der Waals surface area contributed by atoms with Crippen molar-refractivity contribution < 1.29 is 4.79 Å². The predicted octanol–water partition coefficient (Wildman–Crippen LogP) is 2.48. The third-order valence-electron chi connectivity index (χ3n) is 2.74. The quantitative estimate of drug-likeness (QED) is 0.928. The van der Waals surface area contributed by atoms with E-state index in [4.69, 9.17) is 0 Å². The molecule has 0 aromatic carbocycles. The number of amides is 1. The van der Waals surface area contributed by atoms with Gasteiger partial charge in [-0.3, -0.25) is 9.48 Å². The van der Waals surface area contributed by atoms with Crippen molar-refractivity contribution >= 4 is 33.2 Å². The minimum atomic E-state index is -0.132. The van der Waals surface area contributed by atoms with E-state index in [1.165, 1.54) is 0 Å². The van der Waals surface area contributed by atoms with Crippen molar-refractivity contribution in [2.75, 3.05) is 6.54 Å². The Morgan fingerprint density at radius 3 is 2.89 bits per heavy atom. The molecule has 19 heavy (non-hydrogen) atoms. The summed E-state index contributed by atoms with van der Waals surface area (Å²) in [6, 6.07) is 0. The van der Waals surface area contributed by atoms with Crippen molar-refractivity contribution in [2.45, 2.75) is 19.8 Å². The van der Waals surface area contributed by atoms with E-state index in [1.807, 2.05) is 12.3 Å². The third-order valence-corrected chi connectivity index (χ3v) is 4.51. The van der Waals surface area contributed by atoms with Gasteiger partial charge in [-0.2, -0.15) is 5.10 Å². The van der Waals surface area contributed by atoms with E-state index >= 15 is 0 Å². The molecule has 1 amide bonds. The van der Waals surface area contributed by atoms with Crippen molar-refractivity contribution in [2.24, 2.45) is 7.05 Å². The maximum atomic E-state index is 12.1. The van der Waals surface area contributed by atoms with Crippen molar-refractivity contribution in [3.05, 3.63) is 32.4 Å². The summed E-state index contributed by atoms with van der Waals surface area (Å²) in [7, 11) is 1.74. The fraction of sp³-hybridized carbons (Fsp3) is 0.417. The van der Waals surface area contributed by atoms with Gasteiger partial charge in [0, 0.05) is 30.6 Å². The minimum absolute atomic E-state index is 0.132. The molecule has 5 nitrogen and oxygen atoms in total. The van der Waals surface area contributed by atoms with Crippen molar-refractivity contribution in [1.29, 1.82) is 0 Å². The first-order chi connectivity index (χ1) is 8.99. The van der Waals surface area contributed by atoms with Crippen LogP contribution in [0.5, 0.6) is 0 Å². The number of carbonyl (C=O) groups is 1. The summed E-state index contributed by atoms with van der Waals surface area (Å²) >= 11 is 4.94. The van der Waals surface area contributed by atoms with Crippen molar-refractivity contribution in [1.82, 2.24) is 20.1 Å². The van der Waals surface area contributed by atoms with E-state index in [-0.39, 0.29) is 11.8 Å². The minimum Gasteiger partial charge on any atom is -0.350 e. The molecule has 2 aromatic rings. The molecule has 0 aliphatic carbocycles. The van der Waals surface area contributed by atoms with Gasteiger partial charge in [-0.1, -0.05) is 6.92 Å². The number of thiazole rings is 1. The molecular weight excluding hydrogens is 328 g/mol. The SMILES string of the molecule is Cc1csc(C(C)CNC(=O)c2c(Br)cnn2C)n1. The summed E-state index contributed by atoms with van der Waals surface area (Å²) in [4.78, 5) is 16.5. The number of carbonyl (C=O) groups excluding carboxylic acids is 1. The Labute approximate surface area is 124 Å². The maximum Gasteiger partial charge on any atom is 0.270 e. The van der Waals surface area contributed by atoms with Crippen LogP contribution in [0, 0.1) is 6.92 Å². The second kappa shape index (κ2) is 5.83. The lowest BCUT2D eigenvalue weighted by molar-refractivity contribution is 0.0941. The topological polar surface area (TPSA) is 59.8 Å². The molecular formula is C12H15BrN4OS. The van der Waals surface area contributed by atoms with Gasteiger partial charge in [0.25, 0.3) is 5.91 Å². The van der Waals surface area contributed by atoms with Gasteiger partial charge < -0.3 is 5.32 Å². The lowest BCUT2D eigenvalue weighted by atomic mass is 10.2. The molecule has 0 saturated heterocycles. The molecule has 2 rings (SSSR count). The summed E-state index contributed by atoms with van der Waals surface area (Å²) in [6.45, 7) is 4.58. The molecule has 0 aliphatic rings. The summed E-state index contributed by atoms with van der Waals surface area (Å²) in [5.41, 5.74) is 1.55. The molecule has 102 valence electrons. The Hall–Kier alpha value is -1.21. The number of halogens is 1. The van der Waals surface area contributed by atoms with Crippen LogP contribution in [0.2, 0.25) is 0 Å². The highest BCUT2D eigenvalue weighted by atomic mass is 79.9. The first kappa shape index (κ1) is 14.2. The van der Waals surface area contributed by atoms with Crippen LogP contribution in [0.3, 0.4) is 0 Å². The van der Waals surface area contributed by atoms with Crippen LogP contribution in [0.25, 0.3) is 0 Å².